The quantitative estimate of drug-likeness (QED) is 0.779. The van der Waals surface area contributed by atoms with E-state index in [1.807, 2.05) is 41.3 Å². The van der Waals surface area contributed by atoms with Crippen LogP contribution >= 0.6 is 0 Å². The minimum Gasteiger partial charge on any atom is -0.370 e. The van der Waals surface area contributed by atoms with Gasteiger partial charge in [0.15, 0.2) is 0 Å². The molecule has 0 bridgehead atoms. The summed E-state index contributed by atoms with van der Waals surface area (Å²) < 4.78 is 12.7. The van der Waals surface area contributed by atoms with Gasteiger partial charge in [0, 0.05) is 6.54 Å². The summed E-state index contributed by atoms with van der Waals surface area (Å²) in [4.78, 5) is 14.9. The minimum atomic E-state index is -0.398. The lowest BCUT2D eigenvalue weighted by Gasteiger charge is -2.50. The highest BCUT2D eigenvalue weighted by Crippen LogP contribution is 2.44. The second kappa shape index (κ2) is 8.68. The summed E-state index contributed by atoms with van der Waals surface area (Å²) in [7, 11) is 0. The molecule has 2 aromatic carbocycles. The second-order valence-electron chi connectivity index (χ2n) is 8.76. The lowest BCUT2D eigenvalue weighted by atomic mass is 9.75. The first-order valence-electron chi connectivity index (χ1n) is 10.7. The zero-order valence-corrected chi connectivity index (χ0v) is 17.4. The number of hydrogen-bond donors (Lipinski definition) is 0. The van der Waals surface area contributed by atoms with Gasteiger partial charge in [-0.05, 0) is 29.4 Å². The van der Waals surface area contributed by atoms with E-state index < -0.39 is 5.60 Å². The van der Waals surface area contributed by atoms with Crippen LogP contribution in [-0.2, 0) is 20.7 Å². The molecule has 2 heterocycles. The maximum Gasteiger partial charge on any atom is 0.227 e. The molecule has 2 aliphatic heterocycles. The SMILES string of the molecule is CC(C)[C@@H]1C[C@@]2(CO[C@H]1c1ccccc1)CN(C(=O)Cc1ccccc1)CCO2. The van der Waals surface area contributed by atoms with Gasteiger partial charge in [0.05, 0.1) is 32.3 Å². The normalized spacial score (nSPS) is 27.3. The van der Waals surface area contributed by atoms with Crippen LogP contribution in [0.15, 0.2) is 60.7 Å². The van der Waals surface area contributed by atoms with Crippen LogP contribution in [0.2, 0.25) is 0 Å². The largest absolute Gasteiger partial charge is 0.370 e. The number of amides is 1. The van der Waals surface area contributed by atoms with Gasteiger partial charge in [0.25, 0.3) is 0 Å². The number of morpholine rings is 1. The van der Waals surface area contributed by atoms with Crippen LogP contribution in [-0.4, -0.2) is 42.7 Å². The zero-order valence-electron chi connectivity index (χ0n) is 17.4. The molecular weight excluding hydrogens is 362 g/mol. The predicted molar refractivity (Wildman–Crippen MR) is 113 cm³/mol. The van der Waals surface area contributed by atoms with Crippen LogP contribution in [0.25, 0.3) is 0 Å². The number of rotatable bonds is 4. The summed E-state index contributed by atoms with van der Waals surface area (Å²) in [6.45, 7) is 6.88. The Morgan fingerprint density at radius 2 is 1.79 bits per heavy atom. The minimum absolute atomic E-state index is 0.0841. The number of ether oxygens (including phenoxy) is 2. The molecule has 1 spiro atoms. The Bertz CT molecular complexity index is 807. The number of carbonyl (C=O) groups excluding carboxylic acids is 1. The lowest BCUT2D eigenvalue weighted by Crippen LogP contribution is -2.59. The molecule has 4 nitrogen and oxygen atoms in total. The van der Waals surface area contributed by atoms with Crippen LogP contribution in [0.5, 0.6) is 0 Å². The summed E-state index contributed by atoms with van der Waals surface area (Å²) in [5, 5.41) is 0. The Labute approximate surface area is 173 Å². The summed E-state index contributed by atoms with van der Waals surface area (Å²) in [5.41, 5.74) is 1.89. The van der Waals surface area contributed by atoms with Crippen LogP contribution in [0.1, 0.15) is 37.5 Å². The van der Waals surface area contributed by atoms with Crippen molar-refractivity contribution in [1.29, 1.82) is 0 Å². The molecule has 29 heavy (non-hydrogen) atoms. The summed E-state index contributed by atoms with van der Waals surface area (Å²) >= 11 is 0. The standard InChI is InChI=1S/C25H31NO3/c1-19(2)22-16-25(18-28-24(22)21-11-7-4-8-12-21)17-26(13-14-29-25)23(27)15-20-9-5-3-6-10-20/h3-12,19,22,24H,13-18H2,1-2H3/t22-,24-,25-/m0/s1. The number of benzene rings is 2. The topological polar surface area (TPSA) is 38.8 Å². The van der Waals surface area contributed by atoms with Gasteiger partial charge in [-0.1, -0.05) is 74.5 Å². The van der Waals surface area contributed by atoms with Crippen molar-refractivity contribution < 1.29 is 14.3 Å². The molecule has 2 saturated heterocycles. The maximum atomic E-state index is 12.9. The van der Waals surface area contributed by atoms with Crippen LogP contribution < -0.4 is 0 Å². The third kappa shape index (κ3) is 4.54. The van der Waals surface area contributed by atoms with Crippen molar-refractivity contribution in [3.63, 3.8) is 0 Å². The predicted octanol–water partition coefficient (Wildman–Crippen LogP) is 4.26. The molecule has 2 aromatic rings. The van der Waals surface area contributed by atoms with Crippen molar-refractivity contribution in [2.45, 2.75) is 38.4 Å². The molecule has 4 heteroatoms. The van der Waals surface area contributed by atoms with E-state index >= 15 is 0 Å². The highest BCUT2D eigenvalue weighted by molar-refractivity contribution is 5.79. The first kappa shape index (κ1) is 20.1. The van der Waals surface area contributed by atoms with Gasteiger partial charge in [-0.25, -0.2) is 0 Å². The molecule has 154 valence electrons. The van der Waals surface area contributed by atoms with Crippen molar-refractivity contribution in [1.82, 2.24) is 4.90 Å². The number of carbonyl (C=O) groups is 1. The third-order valence-corrected chi connectivity index (χ3v) is 6.31. The average molecular weight is 394 g/mol. The summed E-state index contributed by atoms with van der Waals surface area (Å²) in [6, 6.07) is 20.4. The van der Waals surface area contributed by atoms with Crippen molar-refractivity contribution in [3.05, 3.63) is 71.8 Å². The van der Waals surface area contributed by atoms with Crippen molar-refractivity contribution >= 4 is 5.91 Å². The fraction of sp³-hybridized carbons (Fsp3) is 0.480. The average Bonchev–Trinajstić information content (AvgIpc) is 2.75. The van der Waals surface area contributed by atoms with Crippen molar-refractivity contribution in [3.8, 4) is 0 Å². The van der Waals surface area contributed by atoms with Gasteiger partial charge in [-0.15, -0.1) is 0 Å². The van der Waals surface area contributed by atoms with Gasteiger partial charge in [0.2, 0.25) is 5.91 Å². The van der Waals surface area contributed by atoms with Gasteiger partial charge in [0.1, 0.15) is 5.60 Å². The molecule has 0 unspecified atom stereocenters. The van der Waals surface area contributed by atoms with Gasteiger partial charge >= 0.3 is 0 Å². The Morgan fingerprint density at radius 1 is 1.10 bits per heavy atom. The Morgan fingerprint density at radius 3 is 2.48 bits per heavy atom. The maximum absolute atomic E-state index is 12.9. The van der Waals surface area contributed by atoms with E-state index in [-0.39, 0.29) is 12.0 Å². The van der Waals surface area contributed by atoms with Gasteiger partial charge in [-0.3, -0.25) is 4.79 Å². The van der Waals surface area contributed by atoms with Gasteiger partial charge in [-0.2, -0.15) is 0 Å². The van der Waals surface area contributed by atoms with E-state index in [1.54, 1.807) is 0 Å². The molecular formula is C25H31NO3. The molecule has 0 aromatic heterocycles. The molecule has 0 aliphatic carbocycles. The number of nitrogens with zero attached hydrogens (tertiary/aromatic N) is 1. The summed E-state index contributed by atoms with van der Waals surface area (Å²) in [5.74, 6) is 0.997. The Balaban J connectivity index is 1.47. The second-order valence-corrected chi connectivity index (χ2v) is 8.76. The fourth-order valence-corrected chi connectivity index (χ4v) is 4.68. The smallest absolute Gasteiger partial charge is 0.227 e. The fourth-order valence-electron chi connectivity index (χ4n) is 4.68. The molecule has 1 amide bonds. The van der Waals surface area contributed by atoms with E-state index in [4.69, 9.17) is 9.47 Å². The van der Waals surface area contributed by atoms with Crippen molar-refractivity contribution in [2.24, 2.45) is 11.8 Å². The van der Waals surface area contributed by atoms with Crippen molar-refractivity contribution in [2.75, 3.05) is 26.3 Å². The van der Waals surface area contributed by atoms with E-state index in [9.17, 15) is 4.79 Å². The van der Waals surface area contributed by atoms with E-state index in [0.717, 1.165) is 12.0 Å². The third-order valence-electron chi connectivity index (χ3n) is 6.31. The van der Waals surface area contributed by atoms with E-state index in [2.05, 4.69) is 38.1 Å². The van der Waals surface area contributed by atoms with Crippen LogP contribution in [0.4, 0.5) is 0 Å². The first-order chi connectivity index (χ1) is 14.1. The molecule has 3 atom stereocenters. The van der Waals surface area contributed by atoms with E-state index in [1.165, 1.54) is 5.56 Å². The summed E-state index contributed by atoms with van der Waals surface area (Å²) in [6.07, 6.45) is 1.44. The Kier molecular flexibility index (Phi) is 6.02. The molecule has 4 rings (SSSR count). The monoisotopic (exact) mass is 393 g/mol. The molecule has 0 saturated carbocycles. The zero-order chi connectivity index (χ0) is 20.3. The van der Waals surface area contributed by atoms with Crippen LogP contribution in [0, 0.1) is 11.8 Å². The lowest BCUT2D eigenvalue weighted by molar-refractivity contribution is -0.210. The van der Waals surface area contributed by atoms with Gasteiger partial charge < -0.3 is 14.4 Å². The highest BCUT2D eigenvalue weighted by Gasteiger charge is 2.47. The molecule has 0 radical (unpaired) electrons. The van der Waals surface area contributed by atoms with E-state index in [0.29, 0.717) is 44.6 Å². The van der Waals surface area contributed by atoms with Crippen LogP contribution in [0.3, 0.4) is 0 Å². The molecule has 0 N–H and O–H groups in total. The molecule has 2 aliphatic rings. The first-order valence-corrected chi connectivity index (χ1v) is 10.7. The number of hydrogen-bond acceptors (Lipinski definition) is 3. The molecule has 2 fully saturated rings. The highest BCUT2D eigenvalue weighted by atomic mass is 16.6. The Hall–Kier alpha value is -2.17.